The molecule has 0 fully saturated rings. The summed E-state index contributed by atoms with van der Waals surface area (Å²) in [5.74, 6) is -0.802. The molecule has 2 aromatic carbocycles. The van der Waals surface area contributed by atoms with Crippen molar-refractivity contribution >= 4 is 10.0 Å². The van der Waals surface area contributed by atoms with Crippen molar-refractivity contribution < 1.29 is 22.7 Å². The quantitative estimate of drug-likeness (QED) is 0.744. The molecule has 0 aliphatic heterocycles. The van der Waals surface area contributed by atoms with Crippen molar-refractivity contribution in [2.24, 2.45) is 5.14 Å². The minimum absolute atomic E-state index is 0.00504. The highest BCUT2D eigenvalue weighted by atomic mass is 32.2. The summed E-state index contributed by atoms with van der Waals surface area (Å²) in [5, 5.41) is 14.4. The number of nitrogens with two attached hydrogens (primary N) is 1. The number of rotatable bonds is 4. The predicted molar refractivity (Wildman–Crippen MR) is 89.2 cm³/mol. The van der Waals surface area contributed by atoms with E-state index in [1.54, 1.807) is 30.3 Å². The number of phenols is 1. The van der Waals surface area contributed by atoms with Gasteiger partial charge in [-0.05, 0) is 30.3 Å². The Morgan fingerprint density at radius 1 is 1.04 bits per heavy atom. The van der Waals surface area contributed by atoms with E-state index in [4.69, 9.17) is 9.88 Å². The molecule has 0 unspecified atom stereocenters. The Labute approximate surface area is 143 Å². The van der Waals surface area contributed by atoms with E-state index in [9.17, 15) is 17.9 Å². The molecule has 3 N–H and O–H groups in total. The summed E-state index contributed by atoms with van der Waals surface area (Å²) in [6, 6.07) is 14.6. The summed E-state index contributed by atoms with van der Waals surface area (Å²) in [7, 11) is -3.76. The first-order valence-electron chi connectivity index (χ1n) is 7.09. The largest absolute Gasteiger partial charge is 0.505 e. The number of primary sulfonamides is 1. The summed E-state index contributed by atoms with van der Waals surface area (Å²) >= 11 is 0. The number of nitrogens with zero attached hydrogens (tertiary/aromatic N) is 1. The van der Waals surface area contributed by atoms with E-state index < -0.39 is 21.6 Å². The normalized spacial score (nSPS) is 11.3. The second kappa shape index (κ2) is 6.50. The maximum Gasteiger partial charge on any atom is 0.238 e. The van der Waals surface area contributed by atoms with E-state index in [2.05, 4.69) is 4.98 Å². The maximum absolute atomic E-state index is 13.1. The molecule has 25 heavy (non-hydrogen) atoms. The zero-order valence-electron chi connectivity index (χ0n) is 12.8. The van der Waals surface area contributed by atoms with Crippen LogP contribution in [0.5, 0.6) is 17.4 Å². The lowest BCUT2D eigenvalue weighted by Gasteiger charge is -2.08. The molecular weight excluding hydrogens is 347 g/mol. The van der Waals surface area contributed by atoms with Crippen LogP contribution in [-0.4, -0.2) is 18.5 Å². The number of hydrogen-bond donors (Lipinski definition) is 2. The highest BCUT2D eigenvalue weighted by Gasteiger charge is 2.09. The number of sulfonamides is 1. The number of ether oxygens (including phenoxy) is 1. The fourth-order valence-electron chi connectivity index (χ4n) is 2.12. The van der Waals surface area contributed by atoms with Gasteiger partial charge in [-0.3, -0.25) is 0 Å². The third-order valence-corrected chi connectivity index (χ3v) is 4.27. The monoisotopic (exact) mass is 360 g/mol. The number of hydrogen-bond acceptors (Lipinski definition) is 5. The molecule has 3 aromatic rings. The molecule has 8 heteroatoms. The van der Waals surface area contributed by atoms with Gasteiger partial charge in [-0.2, -0.15) is 0 Å². The van der Waals surface area contributed by atoms with E-state index >= 15 is 0 Å². The Balaban J connectivity index is 1.87. The van der Waals surface area contributed by atoms with Crippen molar-refractivity contribution in [3.63, 3.8) is 0 Å². The van der Waals surface area contributed by atoms with Crippen molar-refractivity contribution in [3.05, 3.63) is 66.5 Å². The van der Waals surface area contributed by atoms with E-state index in [0.29, 0.717) is 11.3 Å². The number of benzene rings is 2. The number of halogens is 1. The first-order valence-corrected chi connectivity index (χ1v) is 8.64. The average Bonchev–Trinajstić information content (AvgIpc) is 2.58. The number of aromatic nitrogens is 1. The topological polar surface area (TPSA) is 103 Å². The molecule has 1 aromatic heterocycles. The standard InChI is InChI=1S/C17H13FN2O4S/c18-14-9-6-12(10-16(14)21)24-17-3-1-2-15(20-17)11-4-7-13(8-5-11)25(19,22)23/h1-10,21H,(H2,19,22,23). The van der Waals surface area contributed by atoms with Crippen LogP contribution in [0, 0.1) is 5.82 Å². The Morgan fingerprint density at radius 2 is 1.76 bits per heavy atom. The average molecular weight is 360 g/mol. The molecule has 0 aliphatic rings. The highest BCUT2D eigenvalue weighted by Crippen LogP contribution is 2.27. The fraction of sp³-hybridized carbons (Fsp3) is 0. The van der Waals surface area contributed by atoms with Gasteiger partial charge in [0, 0.05) is 17.7 Å². The lowest BCUT2D eigenvalue weighted by molar-refractivity contribution is 0.418. The molecule has 0 saturated carbocycles. The Bertz CT molecular complexity index is 1020. The fourth-order valence-corrected chi connectivity index (χ4v) is 2.64. The first-order chi connectivity index (χ1) is 11.8. The molecular formula is C17H13FN2O4S. The van der Waals surface area contributed by atoms with Crippen molar-refractivity contribution in [1.29, 1.82) is 0 Å². The smallest absolute Gasteiger partial charge is 0.238 e. The van der Waals surface area contributed by atoms with Crippen LogP contribution >= 0.6 is 0 Å². The van der Waals surface area contributed by atoms with E-state index in [1.165, 1.54) is 18.2 Å². The molecule has 1 heterocycles. The number of aromatic hydroxyl groups is 1. The molecule has 6 nitrogen and oxygen atoms in total. The molecule has 128 valence electrons. The Hall–Kier alpha value is -2.97. The van der Waals surface area contributed by atoms with Gasteiger partial charge in [0.1, 0.15) is 5.75 Å². The van der Waals surface area contributed by atoms with E-state index in [-0.39, 0.29) is 16.5 Å². The van der Waals surface area contributed by atoms with Crippen LogP contribution in [-0.2, 0) is 10.0 Å². The van der Waals surface area contributed by atoms with Crippen LogP contribution in [0.15, 0.2) is 65.6 Å². The predicted octanol–water partition coefficient (Wildman–Crippen LogP) is 3.03. The molecule has 0 spiro atoms. The molecule has 0 bridgehead atoms. The van der Waals surface area contributed by atoms with Crippen LogP contribution in [0.25, 0.3) is 11.3 Å². The SMILES string of the molecule is NS(=O)(=O)c1ccc(-c2cccc(Oc3ccc(F)c(O)c3)n2)cc1. The van der Waals surface area contributed by atoms with Crippen molar-refractivity contribution in [2.75, 3.05) is 0 Å². The van der Waals surface area contributed by atoms with Gasteiger partial charge < -0.3 is 9.84 Å². The lowest BCUT2D eigenvalue weighted by atomic mass is 10.1. The van der Waals surface area contributed by atoms with Crippen molar-refractivity contribution in [1.82, 2.24) is 4.98 Å². The summed E-state index contributed by atoms with van der Waals surface area (Å²) in [6.45, 7) is 0. The number of phenolic OH excluding ortho intramolecular Hbond substituents is 1. The first kappa shape index (κ1) is 16.9. The third-order valence-electron chi connectivity index (χ3n) is 3.34. The molecule has 0 saturated heterocycles. The van der Waals surface area contributed by atoms with E-state index in [0.717, 1.165) is 12.1 Å². The maximum atomic E-state index is 13.1. The van der Waals surface area contributed by atoms with Crippen LogP contribution in [0.3, 0.4) is 0 Å². The molecule has 0 radical (unpaired) electrons. The lowest BCUT2D eigenvalue weighted by Crippen LogP contribution is -2.11. The zero-order valence-corrected chi connectivity index (χ0v) is 13.6. The van der Waals surface area contributed by atoms with Crippen LogP contribution < -0.4 is 9.88 Å². The van der Waals surface area contributed by atoms with Gasteiger partial charge in [0.25, 0.3) is 0 Å². The molecule has 0 aliphatic carbocycles. The van der Waals surface area contributed by atoms with Crippen LogP contribution in [0.4, 0.5) is 4.39 Å². The van der Waals surface area contributed by atoms with Crippen molar-refractivity contribution in [2.45, 2.75) is 4.90 Å². The Kier molecular flexibility index (Phi) is 4.39. The highest BCUT2D eigenvalue weighted by molar-refractivity contribution is 7.89. The van der Waals surface area contributed by atoms with Gasteiger partial charge in [0.05, 0.1) is 10.6 Å². The van der Waals surface area contributed by atoms with Gasteiger partial charge in [-0.25, -0.2) is 22.9 Å². The minimum atomic E-state index is -3.76. The van der Waals surface area contributed by atoms with Gasteiger partial charge in [-0.1, -0.05) is 18.2 Å². The molecule has 0 amide bonds. The Morgan fingerprint density at radius 3 is 2.40 bits per heavy atom. The van der Waals surface area contributed by atoms with E-state index in [1.807, 2.05) is 0 Å². The van der Waals surface area contributed by atoms with Crippen molar-refractivity contribution in [3.8, 4) is 28.6 Å². The minimum Gasteiger partial charge on any atom is -0.505 e. The second-order valence-corrected chi connectivity index (χ2v) is 6.71. The van der Waals surface area contributed by atoms with Crippen LogP contribution in [0.1, 0.15) is 0 Å². The summed E-state index contributed by atoms with van der Waals surface area (Å²) < 4.78 is 41.1. The summed E-state index contributed by atoms with van der Waals surface area (Å²) in [6.07, 6.45) is 0. The third kappa shape index (κ3) is 3.93. The molecule has 3 rings (SSSR count). The summed E-state index contributed by atoms with van der Waals surface area (Å²) in [5.41, 5.74) is 1.21. The second-order valence-electron chi connectivity index (χ2n) is 5.15. The van der Waals surface area contributed by atoms with Gasteiger partial charge in [-0.15, -0.1) is 0 Å². The van der Waals surface area contributed by atoms with Gasteiger partial charge in [0.2, 0.25) is 15.9 Å². The summed E-state index contributed by atoms with van der Waals surface area (Å²) in [4.78, 5) is 4.31. The molecule has 0 atom stereocenters. The van der Waals surface area contributed by atoms with Crippen LogP contribution in [0.2, 0.25) is 0 Å². The van der Waals surface area contributed by atoms with Gasteiger partial charge >= 0.3 is 0 Å². The number of pyridine rings is 1. The van der Waals surface area contributed by atoms with Gasteiger partial charge in [0.15, 0.2) is 11.6 Å². The zero-order chi connectivity index (χ0) is 18.0.